The third-order valence-electron chi connectivity index (χ3n) is 3.82. The van der Waals surface area contributed by atoms with Crippen LogP contribution in [-0.4, -0.2) is 69.1 Å². The maximum atomic E-state index is 12.1. The van der Waals surface area contributed by atoms with Crippen molar-refractivity contribution >= 4 is 12.1 Å². The molecule has 1 fully saturated rings. The van der Waals surface area contributed by atoms with E-state index in [0.29, 0.717) is 31.7 Å². The second kappa shape index (κ2) is 7.79. The lowest BCUT2D eigenvalue weighted by molar-refractivity contribution is -0.141. The predicted molar refractivity (Wildman–Crippen MR) is 92.7 cm³/mol. The van der Waals surface area contributed by atoms with Crippen molar-refractivity contribution in [3.8, 4) is 11.5 Å². The van der Waals surface area contributed by atoms with E-state index in [2.05, 4.69) is 5.43 Å². The number of aromatic hydroxyl groups is 2. The zero-order chi connectivity index (χ0) is 19.5. The number of hydrogen-bond acceptors (Lipinski definition) is 7. The molecule has 0 spiro atoms. The molecule has 144 valence electrons. The number of amides is 1. The molecule has 1 aliphatic rings. The quantitative estimate of drug-likeness (QED) is 0.587. The van der Waals surface area contributed by atoms with Crippen LogP contribution in [0.4, 0.5) is 4.79 Å². The number of phenolic OH excluding ortho intramolecular Hbond substituents is 2. The number of hydrazine groups is 1. The Morgan fingerprint density at radius 3 is 2.23 bits per heavy atom. The van der Waals surface area contributed by atoms with Gasteiger partial charge in [-0.1, -0.05) is 6.07 Å². The number of carboxylic acids is 1. The molecule has 1 aromatic carbocycles. The molecule has 26 heavy (non-hydrogen) atoms. The summed E-state index contributed by atoms with van der Waals surface area (Å²) in [4.78, 5) is 25.2. The molecule has 1 aromatic rings. The molecule has 1 saturated heterocycles. The van der Waals surface area contributed by atoms with E-state index in [1.54, 1.807) is 30.7 Å². The van der Waals surface area contributed by atoms with E-state index in [1.807, 2.05) is 0 Å². The van der Waals surface area contributed by atoms with Gasteiger partial charge in [0.05, 0.1) is 0 Å². The highest BCUT2D eigenvalue weighted by atomic mass is 16.6. The summed E-state index contributed by atoms with van der Waals surface area (Å²) in [7, 11) is 0. The Bertz CT molecular complexity index is 665. The summed E-state index contributed by atoms with van der Waals surface area (Å²) in [5.74, 6) is -1.82. The monoisotopic (exact) mass is 367 g/mol. The molecule has 1 atom stereocenters. The van der Waals surface area contributed by atoms with E-state index >= 15 is 0 Å². The lowest BCUT2D eigenvalue weighted by Gasteiger charge is -2.36. The first-order valence-electron chi connectivity index (χ1n) is 8.30. The number of carbonyl (C=O) groups excluding carboxylic acids is 1. The molecule has 9 heteroatoms. The third kappa shape index (κ3) is 5.24. The van der Waals surface area contributed by atoms with Gasteiger partial charge in [-0.05, 0) is 38.5 Å². The minimum Gasteiger partial charge on any atom is -0.504 e. The van der Waals surface area contributed by atoms with Crippen LogP contribution in [0.3, 0.4) is 0 Å². The van der Waals surface area contributed by atoms with E-state index < -0.39 is 23.7 Å². The summed E-state index contributed by atoms with van der Waals surface area (Å²) < 4.78 is 5.33. The smallest absolute Gasteiger partial charge is 0.410 e. The van der Waals surface area contributed by atoms with E-state index in [-0.39, 0.29) is 11.5 Å². The third-order valence-corrected chi connectivity index (χ3v) is 3.82. The summed E-state index contributed by atoms with van der Waals surface area (Å²) in [5, 5.41) is 30.1. The molecule has 0 aliphatic carbocycles. The lowest BCUT2D eigenvalue weighted by atomic mass is 10.1. The average Bonchev–Trinajstić information content (AvgIpc) is 2.54. The molecule has 0 aromatic heterocycles. The van der Waals surface area contributed by atoms with Gasteiger partial charge < -0.3 is 25.0 Å². The Hall–Kier alpha value is -2.52. The van der Waals surface area contributed by atoms with Crippen LogP contribution < -0.4 is 5.43 Å². The van der Waals surface area contributed by atoms with E-state index in [0.717, 1.165) is 0 Å². The minimum atomic E-state index is -1.12. The zero-order valence-electron chi connectivity index (χ0n) is 15.1. The Balaban J connectivity index is 1.96. The Morgan fingerprint density at radius 2 is 1.73 bits per heavy atom. The fraction of sp³-hybridized carbons (Fsp3) is 0.529. The standard InChI is InChI=1S/C17H25N3O6/c1-17(2,3)26-16(25)19-6-8-20(9-7-19)18-14(15(23)24)11-4-5-12(21)13(22)10-11/h4-5,10,14,18,21-22H,6-9H2,1-3H3,(H,23,24). The zero-order valence-corrected chi connectivity index (χ0v) is 15.1. The van der Waals surface area contributed by atoms with Gasteiger partial charge in [-0.2, -0.15) is 0 Å². The highest BCUT2D eigenvalue weighted by Gasteiger charge is 2.29. The van der Waals surface area contributed by atoms with Crippen LogP contribution >= 0.6 is 0 Å². The molecule has 1 amide bonds. The summed E-state index contributed by atoms with van der Waals surface area (Å²) in [6, 6.07) is 2.79. The maximum Gasteiger partial charge on any atom is 0.410 e. The average molecular weight is 367 g/mol. The molecule has 1 unspecified atom stereocenters. The van der Waals surface area contributed by atoms with Crippen LogP contribution in [0.1, 0.15) is 32.4 Å². The van der Waals surface area contributed by atoms with Gasteiger partial charge in [0.15, 0.2) is 11.5 Å². The molecule has 0 radical (unpaired) electrons. The summed E-state index contributed by atoms with van der Waals surface area (Å²) >= 11 is 0. The van der Waals surface area contributed by atoms with Crippen molar-refractivity contribution in [3.63, 3.8) is 0 Å². The van der Waals surface area contributed by atoms with Gasteiger partial charge in [0.1, 0.15) is 11.6 Å². The van der Waals surface area contributed by atoms with Crippen molar-refractivity contribution in [1.82, 2.24) is 15.3 Å². The molecule has 9 nitrogen and oxygen atoms in total. The van der Waals surface area contributed by atoms with Gasteiger partial charge in [-0.3, -0.25) is 4.79 Å². The molecule has 0 saturated carbocycles. The molecule has 0 bridgehead atoms. The van der Waals surface area contributed by atoms with Gasteiger partial charge in [-0.15, -0.1) is 0 Å². The Morgan fingerprint density at radius 1 is 1.12 bits per heavy atom. The topological polar surface area (TPSA) is 123 Å². The van der Waals surface area contributed by atoms with Crippen LogP contribution in [0.15, 0.2) is 18.2 Å². The first kappa shape index (κ1) is 19.8. The van der Waals surface area contributed by atoms with Gasteiger partial charge in [0, 0.05) is 26.2 Å². The lowest BCUT2D eigenvalue weighted by Crippen LogP contribution is -2.55. The number of hydrogen-bond donors (Lipinski definition) is 4. The number of phenols is 2. The molecular formula is C17H25N3O6. The van der Waals surface area contributed by atoms with E-state index in [9.17, 15) is 24.9 Å². The normalized spacial score (nSPS) is 17.0. The predicted octanol–water partition coefficient (Wildman–Crippen LogP) is 1.28. The highest BCUT2D eigenvalue weighted by molar-refractivity contribution is 5.75. The first-order valence-corrected chi connectivity index (χ1v) is 8.30. The van der Waals surface area contributed by atoms with E-state index in [4.69, 9.17) is 4.74 Å². The number of carbonyl (C=O) groups is 2. The van der Waals surface area contributed by atoms with Crippen LogP contribution in [0.5, 0.6) is 11.5 Å². The second-order valence-corrected chi connectivity index (χ2v) is 7.10. The number of piperazine rings is 1. The van der Waals surface area contributed by atoms with Crippen LogP contribution in [-0.2, 0) is 9.53 Å². The summed E-state index contributed by atoms with van der Waals surface area (Å²) in [6.07, 6.45) is -0.393. The molecule has 2 rings (SSSR count). The maximum absolute atomic E-state index is 12.1. The largest absolute Gasteiger partial charge is 0.504 e. The summed E-state index contributed by atoms with van der Waals surface area (Å²) in [6.45, 7) is 7.04. The first-order chi connectivity index (χ1) is 12.1. The highest BCUT2D eigenvalue weighted by Crippen LogP contribution is 2.28. The van der Waals surface area contributed by atoms with Crippen LogP contribution in [0, 0.1) is 0 Å². The fourth-order valence-corrected chi connectivity index (χ4v) is 2.52. The number of carboxylic acid groups (broad SMARTS) is 1. The Kier molecular flexibility index (Phi) is 5.94. The van der Waals surface area contributed by atoms with Gasteiger partial charge in [0.2, 0.25) is 0 Å². The summed E-state index contributed by atoms with van der Waals surface area (Å²) in [5.41, 5.74) is 2.63. The van der Waals surface area contributed by atoms with Crippen molar-refractivity contribution in [3.05, 3.63) is 23.8 Å². The van der Waals surface area contributed by atoms with Crippen molar-refractivity contribution in [2.45, 2.75) is 32.4 Å². The van der Waals surface area contributed by atoms with Crippen LogP contribution in [0.25, 0.3) is 0 Å². The number of ether oxygens (including phenoxy) is 1. The number of nitrogens with one attached hydrogen (secondary N) is 1. The van der Waals surface area contributed by atoms with Crippen molar-refractivity contribution in [2.24, 2.45) is 0 Å². The minimum absolute atomic E-state index is 0.308. The van der Waals surface area contributed by atoms with Gasteiger partial charge in [-0.25, -0.2) is 15.2 Å². The second-order valence-electron chi connectivity index (χ2n) is 7.10. The molecular weight excluding hydrogens is 342 g/mol. The number of aliphatic carboxylic acids is 1. The molecule has 1 heterocycles. The number of benzene rings is 1. The number of nitrogens with zero attached hydrogens (tertiary/aromatic N) is 2. The van der Waals surface area contributed by atoms with Crippen molar-refractivity contribution < 1.29 is 29.6 Å². The van der Waals surface area contributed by atoms with Gasteiger partial charge in [0.25, 0.3) is 0 Å². The van der Waals surface area contributed by atoms with E-state index in [1.165, 1.54) is 18.2 Å². The Labute approximate surface area is 151 Å². The molecule has 4 N–H and O–H groups in total. The number of rotatable bonds is 4. The fourth-order valence-electron chi connectivity index (χ4n) is 2.52. The van der Waals surface area contributed by atoms with Gasteiger partial charge >= 0.3 is 12.1 Å². The molecule has 1 aliphatic heterocycles. The van der Waals surface area contributed by atoms with Crippen LogP contribution in [0.2, 0.25) is 0 Å². The SMILES string of the molecule is CC(C)(C)OC(=O)N1CCN(NC(C(=O)O)c2ccc(O)c(O)c2)CC1. The van der Waals surface area contributed by atoms with Crippen molar-refractivity contribution in [2.75, 3.05) is 26.2 Å². The van der Waals surface area contributed by atoms with Crippen molar-refractivity contribution in [1.29, 1.82) is 0 Å².